The fourth-order valence-electron chi connectivity index (χ4n) is 5.48. The molecule has 2 aromatic carbocycles. The van der Waals surface area contributed by atoms with Crippen molar-refractivity contribution in [3.05, 3.63) is 70.0 Å². The van der Waals surface area contributed by atoms with Crippen molar-refractivity contribution in [2.75, 3.05) is 13.1 Å². The molecule has 5 rings (SSSR count). The van der Waals surface area contributed by atoms with E-state index < -0.39 is 0 Å². The number of aryl methyl sites for hydroxylation is 2. The summed E-state index contributed by atoms with van der Waals surface area (Å²) >= 11 is 0. The maximum absolute atomic E-state index is 13.7. The molecule has 2 aliphatic rings. The maximum atomic E-state index is 13.7. The molecule has 0 unspecified atom stereocenters. The molecule has 1 aliphatic heterocycles. The highest BCUT2D eigenvalue weighted by atomic mass is 16.2. The summed E-state index contributed by atoms with van der Waals surface area (Å²) in [5.41, 5.74) is 5.86. The predicted octanol–water partition coefficient (Wildman–Crippen LogP) is 5.58. The van der Waals surface area contributed by atoms with Crippen molar-refractivity contribution in [1.82, 2.24) is 20.1 Å². The average Bonchev–Trinajstić information content (AvgIpc) is 3.35. The van der Waals surface area contributed by atoms with Gasteiger partial charge in [0.15, 0.2) is 5.82 Å². The topological polar surface area (TPSA) is 85.7 Å². The molecule has 3 aromatic rings. The summed E-state index contributed by atoms with van der Waals surface area (Å²) in [6.45, 7) is 5.50. The van der Waals surface area contributed by atoms with Gasteiger partial charge in [0, 0.05) is 30.6 Å². The van der Waals surface area contributed by atoms with E-state index in [0.29, 0.717) is 24.8 Å². The van der Waals surface area contributed by atoms with E-state index in [-0.39, 0.29) is 5.91 Å². The number of aromatic nitrogens is 3. The highest BCUT2D eigenvalue weighted by Crippen LogP contribution is 2.35. The van der Waals surface area contributed by atoms with Crippen molar-refractivity contribution >= 4 is 5.91 Å². The van der Waals surface area contributed by atoms with Gasteiger partial charge in [0.25, 0.3) is 5.91 Å². The molecule has 2 heterocycles. The molecule has 180 valence electrons. The molecule has 35 heavy (non-hydrogen) atoms. The van der Waals surface area contributed by atoms with Crippen molar-refractivity contribution in [2.45, 2.75) is 64.7 Å². The number of carbonyl (C=O) groups is 1. The van der Waals surface area contributed by atoms with Gasteiger partial charge in [-0.1, -0.05) is 50.5 Å². The molecule has 1 aromatic heterocycles. The second-order valence-corrected chi connectivity index (χ2v) is 10.1. The summed E-state index contributed by atoms with van der Waals surface area (Å²) in [4.78, 5) is 20.3. The molecule has 1 N–H and O–H groups in total. The molecular weight excluding hydrogens is 434 g/mol. The van der Waals surface area contributed by atoms with Gasteiger partial charge in [-0.05, 0) is 66.8 Å². The number of nitriles is 1. The van der Waals surface area contributed by atoms with Crippen molar-refractivity contribution in [2.24, 2.45) is 5.92 Å². The Bertz CT molecular complexity index is 1260. The van der Waals surface area contributed by atoms with E-state index in [1.54, 1.807) is 0 Å². The Balaban J connectivity index is 1.38. The first-order chi connectivity index (χ1) is 17.1. The predicted molar refractivity (Wildman–Crippen MR) is 136 cm³/mol. The summed E-state index contributed by atoms with van der Waals surface area (Å²) in [6, 6.07) is 14.4. The minimum absolute atomic E-state index is 0.0808. The van der Waals surface area contributed by atoms with Crippen LogP contribution in [0.15, 0.2) is 36.4 Å². The molecule has 1 aliphatic carbocycles. The number of amides is 1. The summed E-state index contributed by atoms with van der Waals surface area (Å²) in [7, 11) is 0. The smallest absolute Gasteiger partial charge is 0.254 e. The van der Waals surface area contributed by atoms with Crippen LogP contribution in [-0.2, 0) is 12.8 Å². The highest BCUT2D eigenvalue weighted by Gasteiger charge is 2.28. The van der Waals surface area contributed by atoms with Gasteiger partial charge in [0.05, 0.1) is 11.6 Å². The van der Waals surface area contributed by atoms with Crippen LogP contribution < -0.4 is 0 Å². The first kappa shape index (κ1) is 23.3. The van der Waals surface area contributed by atoms with Crippen LogP contribution in [0, 0.1) is 24.2 Å². The van der Waals surface area contributed by atoms with Crippen LogP contribution in [0.3, 0.4) is 0 Å². The number of hydrogen-bond donors (Lipinski definition) is 1. The van der Waals surface area contributed by atoms with Crippen LogP contribution in [0.1, 0.15) is 83.4 Å². The number of aromatic amines is 1. The number of piperidine rings is 1. The highest BCUT2D eigenvalue weighted by molar-refractivity contribution is 5.97. The average molecular weight is 468 g/mol. The van der Waals surface area contributed by atoms with E-state index in [1.165, 1.54) is 24.8 Å². The van der Waals surface area contributed by atoms with Crippen LogP contribution in [0.4, 0.5) is 0 Å². The molecule has 1 amide bonds. The van der Waals surface area contributed by atoms with Crippen LogP contribution in [-0.4, -0.2) is 39.1 Å². The quantitative estimate of drug-likeness (QED) is 0.513. The number of hydrogen-bond acceptors (Lipinski definition) is 4. The van der Waals surface area contributed by atoms with E-state index in [0.717, 1.165) is 65.2 Å². The molecule has 0 atom stereocenters. The summed E-state index contributed by atoms with van der Waals surface area (Å²) in [6.07, 6.45) is 7.42. The normalized spacial score (nSPS) is 16.7. The molecular formula is C29H33N5O. The zero-order valence-corrected chi connectivity index (χ0v) is 20.7. The zero-order chi connectivity index (χ0) is 24.4. The van der Waals surface area contributed by atoms with Gasteiger partial charge in [-0.3, -0.25) is 9.89 Å². The fourth-order valence-corrected chi connectivity index (χ4v) is 5.48. The van der Waals surface area contributed by atoms with Crippen LogP contribution in [0.2, 0.25) is 0 Å². The Hall–Kier alpha value is -3.46. The Morgan fingerprint density at radius 2 is 1.94 bits per heavy atom. The molecule has 6 heteroatoms. The molecule has 1 saturated heterocycles. The number of rotatable bonds is 6. The third-order valence-corrected chi connectivity index (χ3v) is 7.82. The second-order valence-electron chi connectivity index (χ2n) is 10.1. The van der Waals surface area contributed by atoms with Crippen LogP contribution in [0.5, 0.6) is 0 Å². The number of carbonyl (C=O) groups excluding carboxylic acids is 1. The first-order valence-electron chi connectivity index (χ1n) is 12.9. The van der Waals surface area contributed by atoms with Gasteiger partial charge >= 0.3 is 0 Å². The summed E-state index contributed by atoms with van der Waals surface area (Å²) in [5, 5.41) is 17.0. The minimum Gasteiger partial charge on any atom is -0.339 e. The lowest BCUT2D eigenvalue weighted by atomic mass is 9.79. The Kier molecular flexibility index (Phi) is 6.68. The van der Waals surface area contributed by atoms with Crippen molar-refractivity contribution < 1.29 is 4.79 Å². The van der Waals surface area contributed by atoms with Gasteiger partial charge in [0.1, 0.15) is 5.82 Å². The fraction of sp³-hybridized carbons (Fsp3) is 0.448. The van der Waals surface area contributed by atoms with Gasteiger partial charge in [-0.15, -0.1) is 0 Å². The minimum atomic E-state index is 0.0808. The number of likely N-dealkylation sites (tertiary alicyclic amines) is 1. The van der Waals surface area contributed by atoms with Gasteiger partial charge in [0.2, 0.25) is 0 Å². The zero-order valence-electron chi connectivity index (χ0n) is 20.7. The standard InChI is InChI=1S/C29H33N5O/c1-3-27-31-28(33-32-27)26-17-25(19(2)15-23(26)16-20-7-6-8-20)29(35)34-13-11-21(12-14-34)24-10-5-4-9-22(24)18-30/h4-5,9-10,15,17,20-21H,3,6-8,11-14,16H2,1-2H3,(H,31,32,33). The number of benzene rings is 2. The third kappa shape index (κ3) is 4.73. The lowest BCUT2D eigenvalue weighted by molar-refractivity contribution is 0.0712. The monoisotopic (exact) mass is 467 g/mol. The van der Waals surface area contributed by atoms with E-state index in [4.69, 9.17) is 4.98 Å². The number of H-pyrrole nitrogens is 1. The third-order valence-electron chi connectivity index (χ3n) is 7.82. The number of nitrogens with zero attached hydrogens (tertiary/aromatic N) is 4. The lowest BCUT2D eigenvalue weighted by Gasteiger charge is -2.33. The molecule has 0 spiro atoms. The molecule has 1 saturated carbocycles. The van der Waals surface area contributed by atoms with E-state index >= 15 is 0 Å². The van der Waals surface area contributed by atoms with Crippen LogP contribution >= 0.6 is 0 Å². The van der Waals surface area contributed by atoms with Gasteiger partial charge < -0.3 is 4.90 Å². The Labute approximate surface area is 207 Å². The van der Waals surface area contributed by atoms with E-state index in [1.807, 2.05) is 36.1 Å². The van der Waals surface area contributed by atoms with Gasteiger partial charge in [-0.2, -0.15) is 10.4 Å². The maximum Gasteiger partial charge on any atom is 0.254 e. The molecule has 0 radical (unpaired) electrons. The molecule has 6 nitrogen and oxygen atoms in total. The number of nitrogens with one attached hydrogen (secondary N) is 1. The largest absolute Gasteiger partial charge is 0.339 e. The SMILES string of the molecule is CCc1nc(-c2cc(C(=O)N3CCC(c4ccccc4C#N)CC3)c(C)cc2CC2CCC2)n[nH]1. The van der Waals surface area contributed by atoms with E-state index in [9.17, 15) is 10.1 Å². The summed E-state index contributed by atoms with van der Waals surface area (Å²) in [5.74, 6) is 2.67. The van der Waals surface area contributed by atoms with Gasteiger partial charge in [-0.25, -0.2) is 4.98 Å². The Morgan fingerprint density at radius 1 is 1.17 bits per heavy atom. The summed E-state index contributed by atoms with van der Waals surface area (Å²) < 4.78 is 0. The second kappa shape index (κ2) is 10.0. The van der Waals surface area contributed by atoms with E-state index in [2.05, 4.69) is 35.3 Å². The van der Waals surface area contributed by atoms with Crippen molar-refractivity contribution in [3.63, 3.8) is 0 Å². The lowest BCUT2D eigenvalue weighted by Crippen LogP contribution is -2.38. The van der Waals surface area contributed by atoms with Crippen molar-refractivity contribution in [3.8, 4) is 17.5 Å². The first-order valence-corrected chi connectivity index (χ1v) is 12.9. The molecule has 0 bridgehead atoms. The molecule has 2 fully saturated rings. The Morgan fingerprint density at radius 3 is 2.60 bits per heavy atom. The van der Waals surface area contributed by atoms with Crippen LogP contribution in [0.25, 0.3) is 11.4 Å². The van der Waals surface area contributed by atoms with Crippen molar-refractivity contribution in [1.29, 1.82) is 5.26 Å².